The molecule has 2 aromatic rings. The van der Waals surface area contributed by atoms with Crippen molar-refractivity contribution in [1.29, 1.82) is 0 Å². The molecule has 0 N–H and O–H groups in total. The van der Waals surface area contributed by atoms with E-state index >= 15 is 0 Å². The summed E-state index contributed by atoms with van der Waals surface area (Å²) in [7, 11) is 0. The van der Waals surface area contributed by atoms with Gasteiger partial charge in [-0.15, -0.1) is 0 Å². The number of ether oxygens (including phenoxy) is 1. The lowest BCUT2D eigenvalue weighted by atomic mass is 10.1. The minimum absolute atomic E-state index is 0.0630. The Hall–Kier alpha value is -2.36. The fourth-order valence-electron chi connectivity index (χ4n) is 2.64. The van der Waals surface area contributed by atoms with Gasteiger partial charge in [0.05, 0.1) is 6.61 Å². The minimum Gasteiger partial charge on any atom is -0.494 e. The van der Waals surface area contributed by atoms with Crippen molar-refractivity contribution >= 4 is 5.91 Å². The first-order valence-corrected chi connectivity index (χ1v) is 8.37. The Labute approximate surface area is 143 Å². The molecule has 0 bridgehead atoms. The van der Waals surface area contributed by atoms with Crippen LogP contribution in [0.15, 0.2) is 48.5 Å². The third kappa shape index (κ3) is 5.08. The zero-order valence-corrected chi connectivity index (χ0v) is 14.3. The van der Waals surface area contributed by atoms with Gasteiger partial charge < -0.3 is 9.64 Å². The van der Waals surface area contributed by atoms with Crippen molar-refractivity contribution in [3.05, 3.63) is 65.5 Å². The molecule has 2 aromatic carbocycles. The summed E-state index contributed by atoms with van der Waals surface area (Å²) in [5.74, 6) is 0.621. The second kappa shape index (κ2) is 9.06. The van der Waals surface area contributed by atoms with E-state index in [-0.39, 0.29) is 11.7 Å². The number of para-hydroxylation sites is 1. The number of amides is 1. The van der Waals surface area contributed by atoms with Gasteiger partial charge in [-0.1, -0.05) is 30.3 Å². The van der Waals surface area contributed by atoms with Crippen LogP contribution >= 0.6 is 0 Å². The lowest BCUT2D eigenvalue weighted by Gasteiger charge is -2.21. The summed E-state index contributed by atoms with van der Waals surface area (Å²) in [4.78, 5) is 14.2. The molecule has 0 radical (unpaired) electrons. The molecule has 0 aliphatic rings. The monoisotopic (exact) mass is 329 g/mol. The van der Waals surface area contributed by atoms with Crippen molar-refractivity contribution in [2.24, 2.45) is 0 Å². The quantitative estimate of drug-likeness (QED) is 0.726. The fourth-order valence-corrected chi connectivity index (χ4v) is 2.64. The van der Waals surface area contributed by atoms with E-state index in [0.717, 1.165) is 16.9 Å². The Kier molecular flexibility index (Phi) is 6.79. The fraction of sp³-hybridized carbons (Fsp3) is 0.350. The van der Waals surface area contributed by atoms with Crippen LogP contribution in [0.5, 0.6) is 5.75 Å². The second-order valence-corrected chi connectivity index (χ2v) is 5.58. The molecule has 0 atom stereocenters. The van der Waals surface area contributed by atoms with Crippen LogP contribution in [0.25, 0.3) is 0 Å². The number of hydrogen-bond donors (Lipinski definition) is 0. The first-order valence-electron chi connectivity index (χ1n) is 8.37. The van der Waals surface area contributed by atoms with Crippen LogP contribution in [-0.2, 0) is 17.8 Å². The van der Waals surface area contributed by atoms with Crippen molar-refractivity contribution in [2.75, 3.05) is 13.2 Å². The van der Waals surface area contributed by atoms with Crippen LogP contribution in [0.1, 0.15) is 31.4 Å². The molecule has 1 amide bonds. The van der Waals surface area contributed by atoms with Crippen LogP contribution in [0.3, 0.4) is 0 Å². The van der Waals surface area contributed by atoms with Gasteiger partial charge >= 0.3 is 0 Å². The Morgan fingerprint density at radius 2 is 1.92 bits per heavy atom. The van der Waals surface area contributed by atoms with E-state index in [9.17, 15) is 9.18 Å². The van der Waals surface area contributed by atoms with Gasteiger partial charge in [-0.25, -0.2) is 4.39 Å². The maximum atomic E-state index is 13.3. The van der Waals surface area contributed by atoms with Crippen molar-refractivity contribution < 1.29 is 13.9 Å². The maximum absolute atomic E-state index is 13.3. The number of carbonyl (C=O) groups excluding carboxylic acids is 1. The summed E-state index contributed by atoms with van der Waals surface area (Å²) in [6, 6.07) is 14.2. The Balaban J connectivity index is 1.97. The molecule has 0 saturated carbocycles. The standard InChI is InChI=1S/C20H24FNO2/c1-3-22(15-16-8-7-10-18(21)14-16)20(23)13-12-17-9-5-6-11-19(17)24-4-2/h5-11,14H,3-4,12-13,15H2,1-2H3. The number of nitrogens with zero attached hydrogens (tertiary/aromatic N) is 1. The smallest absolute Gasteiger partial charge is 0.223 e. The highest BCUT2D eigenvalue weighted by molar-refractivity contribution is 5.76. The molecule has 0 unspecified atom stereocenters. The Morgan fingerprint density at radius 1 is 1.12 bits per heavy atom. The third-order valence-electron chi connectivity index (χ3n) is 3.88. The summed E-state index contributed by atoms with van der Waals surface area (Å²) in [6.45, 7) is 5.51. The van der Waals surface area contributed by atoms with Crippen LogP contribution in [0.4, 0.5) is 4.39 Å². The van der Waals surface area contributed by atoms with Crippen molar-refractivity contribution in [1.82, 2.24) is 4.90 Å². The number of halogens is 1. The molecule has 24 heavy (non-hydrogen) atoms. The van der Waals surface area contributed by atoms with E-state index in [1.807, 2.05) is 44.2 Å². The molecule has 0 aromatic heterocycles. The Bertz CT molecular complexity index is 672. The minimum atomic E-state index is -0.276. The summed E-state index contributed by atoms with van der Waals surface area (Å²) in [5, 5.41) is 0. The summed E-state index contributed by atoms with van der Waals surface area (Å²) in [5.41, 5.74) is 1.84. The Morgan fingerprint density at radius 3 is 2.62 bits per heavy atom. The molecule has 4 heteroatoms. The van der Waals surface area contributed by atoms with E-state index in [1.54, 1.807) is 11.0 Å². The average molecular weight is 329 g/mol. The molecule has 0 saturated heterocycles. The molecule has 0 spiro atoms. The third-order valence-corrected chi connectivity index (χ3v) is 3.88. The van der Waals surface area contributed by atoms with E-state index in [4.69, 9.17) is 4.74 Å². The number of carbonyl (C=O) groups is 1. The van der Waals surface area contributed by atoms with Gasteiger partial charge in [0.1, 0.15) is 11.6 Å². The maximum Gasteiger partial charge on any atom is 0.223 e. The molecule has 0 heterocycles. The van der Waals surface area contributed by atoms with Gasteiger partial charge in [0, 0.05) is 19.5 Å². The number of aryl methyl sites for hydroxylation is 1. The van der Waals surface area contributed by atoms with Gasteiger partial charge in [-0.2, -0.15) is 0 Å². The summed E-state index contributed by atoms with van der Waals surface area (Å²) >= 11 is 0. The van der Waals surface area contributed by atoms with E-state index < -0.39 is 0 Å². The van der Waals surface area contributed by atoms with Crippen LogP contribution in [-0.4, -0.2) is 24.0 Å². The topological polar surface area (TPSA) is 29.5 Å². The highest BCUT2D eigenvalue weighted by Crippen LogP contribution is 2.20. The zero-order chi connectivity index (χ0) is 17.4. The lowest BCUT2D eigenvalue weighted by Crippen LogP contribution is -2.30. The first-order chi connectivity index (χ1) is 11.6. The lowest BCUT2D eigenvalue weighted by molar-refractivity contribution is -0.131. The molecule has 0 fully saturated rings. The number of hydrogen-bond acceptors (Lipinski definition) is 2. The normalized spacial score (nSPS) is 10.5. The summed E-state index contributed by atoms with van der Waals surface area (Å²) in [6.07, 6.45) is 1.04. The van der Waals surface area contributed by atoms with Gasteiger partial charge in [-0.05, 0) is 49.6 Å². The van der Waals surface area contributed by atoms with Gasteiger partial charge in [-0.3, -0.25) is 4.79 Å². The molecular formula is C20H24FNO2. The van der Waals surface area contributed by atoms with Crippen LogP contribution in [0, 0.1) is 5.82 Å². The van der Waals surface area contributed by atoms with Gasteiger partial charge in [0.25, 0.3) is 0 Å². The largest absolute Gasteiger partial charge is 0.494 e. The molecule has 0 aliphatic carbocycles. The SMILES string of the molecule is CCOc1ccccc1CCC(=O)N(CC)Cc1cccc(F)c1. The van der Waals surface area contributed by atoms with Crippen molar-refractivity contribution in [3.63, 3.8) is 0 Å². The predicted molar refractivity (Wildman–Crippen MR) is 93.4 cm³/mol. The summed E-state index contributed by atoms with van der Waals surface area (Å²) < 4.78 is 18.9. The average Bonchev–Trinajstić information content (AvgIpc) is 2.59. The highest BCUT2D eigenvalue weighted by Gasteiger charge is 2.14. The first kappa shape index (κ1) is 18.0. The van der Waals surface area contributed by atoms with E-state index in [2.05, 4.69) is 0 Å². The van der Waals surface area contributed by atoms with Crippen LogP contribution < -0.4 is 4.74 Å². The van der Waals surface area contributed by atoms with Crippen molar-refractivity contribution in [2.45, 2.75) is 33.2 Å². The number of rotatable bonds is 8. The predicted octanol–water partition coefficient (Wildman–Crippen LogP) is 4.21. The van der Waals surface area contributed by atoms with Gasteiger partial charge in [0.15, 0.2) is 0 Å². The molecule has 2 rings (SSSR count). The molecular weight excluding hydrogens is 305 g/mol. The second-order valence-electron chi connectivity index (χ2n) is 5.58. The molecule has 0 aliphatic heterocycles. The zero-order valence-electron chi connectivity index (χ0n) is 14.3. The molecule has 128 valence electrons. The van der Waals surface area contributed by atoms with E-state index in [0.29, 0.717) is 32.5 Å². The van der Waals surface area contributed by atoms with Gasteiger partial charge in [0.2, 0.25) is 5.91 Å². The van der Waals surface area contributed by atoms with Crippen molar-refractivity contribution in [3.8, 4) is 5.75 Å². The van der Waals surface area contributed by atoms with E-state index in [1.165, 1.54) is 12.1 Å². The highest BCUT2D eigenvalue weighted by atomic mass is 19.1. The van der Waals surface area contributed by atoms with Crippen LogP contribution in [0.2, 0.25) is 0 Å². The number of benzene rings is 2. The molecule has 3 nitrogen and oxygen atoms in total.